The van der Waals surface area contributed by atoms with Crippen LogP contribution in [0.4, 0.5) is 0 Å². The lowest BCUT2D eigenvalue weighted by Gasteiger charge is -2.31. The summed E-state index contributed by atoms with van der Waals surface area (Å²) in [5.41, 5.74) is 4.06. The van der Waals surface area contributed by atoms with Gasteiger partial charge in [0.05, 0.1) is 5.54 Å². The molecule has 1 aromatic carbocycles. The fourth-order valence-electron chi connectivity index (χ4n) is 1.88. The van der Waals surface area contributed by atoms with E-state index in [0.29, 0.717) is 5.92 Å². The third kappa shape index (κ3) is 2.56. The van der Waals surface area contributed by atoms with Crippen LogP contribution in [0.1, 0.15) is 32.8 Å². The molecule has 0 aliphatic rings. The normalized spacial score (nSPS) is 15.5. The predicted molar refractivity (Wildman–Crippen MR) is 60.6 cm³/mol. The van der Waals surface area contributed by atoms with Crippen LogP contribution in [0.25, 0.3) is 0 Å². The predicted octanol–water partition coefficient (Wildman–Crippen LogP) is 2.41. The highest BCUT2D eigenvalue weighted by atomic mass is 15.3. The Balaban J connectivity index is 2.90. The molecule has 2 nitrogen and oxygen atoms in total. The van der Waals surface area contributed by atoms with Crippen LogP contribution in [-0.4, -0.2) is 0 Å². The molecule has 1 atom stereocenters. The summed E-state index contributed by atoms with van der Waals surface area (Å²) in [6, 6.07) is 10.3. The molecule has 0 saturated heterocycles. The number of hydrogen-bond acceptors (Lipinski definition) is 2. The Bertz CT molecular complexity index is 269. The maximum Gasteiger partial charge on any atom is 0.0543 e. The second-order valence-electron chi connectivity index (χ2n) is 4.44. The number of hydrazine groups is 1. The van der Waals surface area contributed by atoms with Crippen LogP contribution in [-0.2, 0) is 5.54 Å². The molecule has 1 aromatic rings. The monoisotopic (exact) mass is 192 g/mol. The molecule has 0 radical (unpaired) electrons. The summed E-state index contributed by atoms with van der Waals surface area (Å²) in [5, 5.41) is 0. The molecule has 0 saturated carbocycles. The number of hydrogen-bond donors (Lipinski definition) is 2. The van der Waals surface area contributed by atoms with Crippen molar-refractivity contribution in [3.8, 4) is 0 Å². The molecular weight excluding hydrogens is 172 g/mol. The summed E-state index contributed by atoms with van der Waals surface area (Å²) < 4.78 is 0. The zero-order valence-electron chi connectivity index (χ0n) is 9.25. The maximum atomic E-state index is 5.64. The molecular formula is C12H20N2. The topological polar surface area (TPSA) is 38.0 Å². The van der Waals surface area contributed by atoms with Gasteiger partial charge >= 0.3 is 0 Å². The average molecular weight is 192 g/mol. The van der Waals surface area contributed by atoms with Gasteiger partial charge in [0.15, 0.2) is 0 Å². The van der Waals surface area contributed by atoms with E-state index in [1.165, 1.54) is 5.56 Å². The molecule has 0 heterocycles. The Morgan fingerprint density at radius 3 is 2.29 bits per heavy atom. The molecule has 0 fully saturated rings. The van der Waals surface area contributed by atoms with Gasteiger partial charge in [0.2, 0.25) is 0 Å². The van der Waals surface area contributed by atoms with Crippen molar-refractivity contribution in [2.75, 3.05) is 0 Å². The molecule has 14 heavy (non-hydrogen) atoms. The van der Waals surface area contributed by atoms with E-state index in [1.54, 1.807) is 0 Å². The quantitative estimate of drug-likeness (QED) is 0.568. The van der Waals surface area contributed by atoms with E-state index in [2.05, 4.69) is 38.3 Å². The Kier molecular flexibility index (Phi) is 3.67. The van der Waals surface area contributed by atoms with Crippen LogP contribution in [0.3, 0.4) is 0 Å². The fraction of sp³-hybridized carbons (Fsp3) is 0.500. The molecule has 0 amide bonds. The van der Waals surface area contributed by atoms with Crippen molar-refractivity contribution in [1.29, 1.82) is 0 Å². The van der Waals surface area contributed by atoms with Gasteiger partial charge in [-0.05, 0) is 24.8 Å². The lowest BCUT2D eigenvalue weighted by molar-refractivity contribution is 0.302. The second kappa shape index (κ2) is 4.58. The van der Waals surface area contributed by atoms with Gasteiger partial charge in [-0.15, -0.1) is 0 Å². The van der Waals surface area contributed by atoms with E-state index in [0.717, 1.165) is 6.42 Å². The van der Waals surface area contributed by atoms with Crippen molar-refractivity contribution in [2.45, 2.75) is 32.7 Å². The number of benzene rings is 1. The second-order valence-corrected chi connectivity index (χ2v) is 4.44. The number of nitrogens with one attached hydrogen (secondary N) is 1. The van der Waals surface area contributed by atoms with E-state index >= 15 is 0 Å². The number of rotatable bonds is 4. The Labute approximate surface area is 86.5 Å². The highest BCUT2D eigenvalue weighted by Gasteiger charge is 2.25. The van der Waals surface area contributed by atoms with Gasteiger partial charge in [0.1, 0.15) is 0 Å². The summed E-state index contributed by atoms with van der Waals surface area (Å²) in [5.74, 6) is 6.26. The van der Waals surface area contributed by atoms with Gasteiger partial charge in [0, 0.05) is 0 Å². The Morgan fingerprint density at radius 2 is 1.86 bits per heavy atom. The van der Waals surface area contributed by atoms with Crippen molar-refractivity contribution in [1.82, 2.24) is 5.43 Å². The van der Waals surface area contributed by atoms with Crippen LogP contribution < -0.4 is 11.3 Å². The van der Waals surface area contributed by atoms with Crippen molar-refractivity contribution < 1.29 is 0 Å². The van der Waals surface area contributed by atoms with Crippen LogP contribution in [0.15, 0.2) is 30.3 Å². The molecule has 0 aromatic heterocycles. The van der Waals surface area contributed by atoms with Gasteiger partial charge < -0.3 is 0 Å². The van der Waals surface area contributed by atoms with E-state index in [9.17, 15) is 0 Å². The van der Waals surface area contributed by atoms with E-state index in [4.69, 9.17) is 5.84 Å². The van der Waals surface area contributed by atoms with E-state index < -0.39 is 0 Å². The summed E-state index contributed by atoms with van der Waals surface area (Å²) in [6.07, 6.45) is 1.04. The molecule has 0 bridgehead atoms. The molecule has 0 aliphatic heterocycles. The zero-order valence-corrected chi connectivity index (χ0v) is 9.25. The minimum Gasteiger partial charge on any atom is -0.271 e. The average Bonchev–Trinajstić information content (AvgIpc) is 2.18. The van der Waals surface area contributed by atoms with Crippen LogP contribution in [0, 0.1) is 5.92 Å². The molecule has 2 heteroatoms. The summed E-state index contributed by atoms with van der Waals surface area (Å²) in [7, 11) is 0. The summed E-state index contributed by atoms with van der Waals surface area (Å²) in [4.78, 5) is 0. The minimum atomic E-state index is -0.116. The Morgan fingerprint density at radius 1 is 1.29 bits per heavy atom. The van der Waals surface area contributed by atoms with Crippen LogP contribution in [0.5, 0.6) is 0 Å². The van der Waals surface area contributed by atoms with E-state index in [-0.39, 0.29) is 5.54 Å². The van der Waals surface area contributed by atoms with Gasteiger partial charge in [-0.25, -0.2) is 0 Å². The first-order chi connectivity index (χ1) is 6.58. The highest BCUT2D eigenvalue weighted by molar-refractivity contribution is 5.23. The van der Waals surface area contributed by atoms with Crippen LogP contribution in [0.2, 0.25) is 0 Å². The maximum absolute atomic E-state index is 5.64. The summed E-state index contributed by atoms with van der Waals surface area (Å²) in [6.45, 7) is 6.55. The zero-order chi connectivity index (χ0) is 10.6. The smallest absolute Gasteiger partial charge is 0.0543 e. The first-order valence-electron chi connectivity index (χ1n) is 5.12. The third-order valence-corrected chi connectivity index (χ3v) is 2.55. The van der Waals surface area contributed by atoms with Gasteiger partial charge in [-0.1, -0.05) is 44.2 Å². The molecule has 0 aliphatic carbocycles. The molecule has 0 spiro atoms. The van der Waals surface area contributed by atoms with Crippen LogP contribution >= 0.6 is 0 Å². The largest absolute Gasteiger partial charge is 0.271 e. The van der Waals surface area contributed by atoms with Gasteiger partial charge in [0.25, 0.3) is 0 Å². The van der Waals surface area contributed by atoms with Crippen molar-refractivity contribution in [3.63, 3.8) is 0 Å². The molecule has 1 unspecified atom stereocenters. The lowest BCUT2D eigenvalue weighted by Crippen LogP contribution is -2.45. The first kappa shape index (κ1) is 11.2. The van der Waals surface area contributed by atoms with Gasteiger partial charge in [-0.2, -0.15) is 0 Å². The molecule has 1 rings (SSSR count). The lowest BCUT2D eigenvalue weighted by atomic mass is 9.85. The molecule has 78 valence electrons. The molecule has 3 N–H and O–H groups in total. The minimum absolute atomic E-state index is 0.116. The number of nitrogens with two attached hydrogens (primary N) is 1. The SMILES string of the molecule is CC(C)CC(C)(NN)c1ccccc1. The van der Waals surface area contributed by atoms with Crippen molar-refractivity contribution in [3.05, 3.63) is 35.9 Å². The standard InChI is InChI=1S/C12H20N2/c1-10(2)9-12(3,14-13)11-7-5-4-6-8-11/h4-8,10,14H,9,13H2,1-3H3. The van der Waals surface area contributed by atoms with E-state index in [1.807, 2.05) is 18.2 Å². The summed E-state index contributed by atoms with van der Waals surface area (Å²) >= 11 is 0. The van der Waals surface area contributed by atoms with Crippen molar-refractivity contribution >= 4 is 0 Å². The fourth-order valence-corrected chi connectivity index (χ4v) is 1.88. The first-order valence-corrected chi connectivity index (χ1v) is 5.12. The Hall–Kier alpha value is -0.860. The highest BCUT2D eigenvalue weighted by Crippen LogP contribution is 2.26. The third-order valence-electron chi connectivity index (χ3n) is 2.55. The van der Waals surface area contributed by atoms with Gasteiger partial charge in [-0.3, -0.25) is 11.3 Å². The van der Waals surface area contributed by atoms with Crippen molar-refractivity contribution in [2.24, 2.45) is 11.8 Å².